The molecule has 0 aliphatic heterocycles. The maximum atomic E-state index is 14.0. The van der Waals surface area contributed by atoms with Crippen LogP contribution in [-0.2, 0) is 0 Å². The number of benzene rings is 1. The molecule has 0 amide bonds. The highest BCUT2D eigenvalue weighted by molar-refractivity contribution is 5.77. The molecule has 0 bridgehead atoms. The van der Waals surface area contributed by atoms with Crippen molar-refractivity contribution in [1.82, 2.24) is 14.9 Å². The third-order valence-corrected chi connectivity index (χ3v) is 4.80. The average Bonchev–Trinajstić information content (AvgIpc) is 2.86. The number of rotatable bonds is 7. The summed E-state index contributed by atoms with van der Waals surface area (Å²) in [6.45, 7) is 13.2. The minimum absolute atomic E-state index is 0.281. The first-order valence-electron chi connectivity index (χ1n) is 11.6. The lowest BCUT2D eigenvalue weighted by molar-refractivity contribution is 0.398. The molecule has 4 heteroatoms. The lowest BCUT2D eigenvalue weighted by Crippen LogP contribution is -2.12. The molecular weight excluding hydrogens is 409 g/mol. The molecule has 3 nitrogen and oxygen atoms in total. The lowest BCUT2D eigenvalue weighted by atomic mass is 10.0. The number of nitrogens with zero attached hydrogens (tertiary/aromatic N) is 3. The van der Waals surface area contributed by atoms with Crippen LogP contribution in [0.5, 0.6) is 0 Å². The van der Waals surface area contributed by atoms with E-state index >= 15 is 0 Å². The molecule has 176 valence electrons. The molecule has 0 fully saturated rings. The molecule has 0 unspecified atom stereocenters. The lowest BCUT2D eigenvalue weighted by Gasteiger charge is -2.08. The number of hydrogen-bond donors (Lipinski definition) is 0. The maximum absolute atomic E-state index is 14.0. The third-order valence-electron chi connectivity index (χ3n) is 4.80. The van der Waals surface area contributed by atoms with Crippen molar-refractivity contribution in [3.8, 4) is 22.4 Å². The van der Waals surface area contributed by atoms with Crippen LogP contribution in [0.2, 0.25) is 0 Å². The monoisotopic (exact) mass is 447 g/mol. The summed E-state index contributed by atoms with van der Waals surface area (Å²) in [6, 6.07) is 12.5. The van der Waals surface area contributed by atoms with Crippen LogP contribution in [0, 0.1) is 5.82 Å². The van der Waals surface area contributed by atoms with Crippen molar-refractivity contribution in [1.29, 1.82) is 0 Å². The molecule has 33 heavy (non-hydrogen) atoms. The van der Waals surface area contributed by atoms with Gasteiger partial charge < -0.3 is 4.90 Å². The highest BCUT2D eigenvalue weighted by atomic mass is 19.1. The second kappa shape index (κ2) is 15.7. The Bertz CT molecular complexity index is 1010. The fraction of sp³-hybridized carbons (Fsp3) is 0.310. The normalized spacial score (nSPS) is 10.6. The first kappa shape index (κ1) is 27.9. The number of pyridine rings is 2. The second-order valence-electron chi connectivity index (χ2n) is 7.48. The average molecular weight is 448 g/mol. The summed E-state index contributed by atoms with van der Waals surface area (Å²) in [5.74, 6) is -0.281. The molecule has 3 rings (SSSR count). The van der Waals surface area contributed by atoms with Crippen LogP contribution in [0.4, 0.5) is 4.39 Å². The van der Waals surface area contributed by atoms with Crippen LogP contribution in [0.3, 0.4) is 0 Å². The number of unbranched alkanes of at least 4 members (excludes halogenated alkanes) is 1. The van der Waals surface area contributed by atoms with Crippen LogP contribution in [0.25, 0.3) is 28.0 Å². The van der Waals surface area contributed by atoms with Gasteiger partial charge in [-0.05, 0) is 75.5 Å². The summed E-state index contributed by atoms with van der Waals surface area (Å²) in [7, 11) is 4.21. The predicted molar refractivity (Wildman–Crippen MR) is 142 cm³/mol. The van der Waals surface area contributed by atoms with Gasteiger partial charge in [-0.2, -0.15) is 0 Å². The summed E-state index contributed by atoms with van der Waals surface area (Å²) in [6.07, 6.45) is 11.7. The summed E-state index contributed by atoms with van der Waals surface area (Å²) in [4.78, 5) is 10.8. The Kier molecular flexibility index (Phi) is 13.2. The summed E-state index contributed by atoms with van der Waals surface area (Å²) < 4.78 is 14.0. The quantitative estimate of drug-likeness (QED) is 0.345. The first-order valence-corrected chi connectivity index (χ1v) is 11.6. The van der Waals surface area contributed by atoms with Crippen molar-refractivity contribution in [3.05, 3.63) is 91.2 Å². The van der Waals surface area contributed by atoms with E-state index in [4.69, 9.17) is 0 Å². The second-order valence-corrected chi connectivity index (χ2v) is 7.48. The van der Waals surface area contributed by atoms with Gasteiger partial charge in [0.15, 0.2) is 0 Å². The van der Waals surface area contributed by atoms with Crippen LogP contribution in [0.15, 0.2) is 79.8 Å². The van der Waals surface area contributed by atoms with Gasteiger partial charge in [0.2, 0.25) is 0 Å². The maximum Gasteiger partial charge on any atom is 0.132 e. The van der Waals surface area contributed by atoms with E-state index < -0.39 is 0 Å². The Morgan fingerprint density at radius 1 is 1.06 bits per heavy atom. The Morgan fingerprint density at radius 3 is 2.36 bits per heavy atom. The Morgan fingerprint density at radius 2 is 1.79 bits per heavy atom. The van der Waals surface area contributed by atoms with Crippen LogP contribution in [-0.4, -0.2) is 35.5 Å². The van der Waals surface area contributed by atoms with E-state index in [2.05, 4.69) is 42.5 Å². The Balaban J connectivity index is 0.000000520. The molecule has 3 aromatic rings. The SMILES string of the molecule is C=C/C(=C\C)c1cncc(-c2ccnc(-c3ccccc3F)c2)c1.CC.CCCCN(C)C. The molecule has 0 spiro atoms. The van der Waals surface area contributed by atoms with Gasteiger partial charge in [0.05, 0.1) is 5.69 Å². The van der Waals surface area contributed by atoms with Crippen molar-refractivity contribution in [2.45, 2.75) is 40.5 Å². The molecular formula is C29H38FN3. The molecule has 0 radical (unpaired) electrons. The van der Waals surface area contributed by atoms with Gasteiger partial charge >= 0.3 is 0 Å². The van der Waals surface area contributed by atoms with Crippen molar-refractivity contribution < 1.29 is 4.39 Å². The Labute approximate surface area is 199 Å². The van der Waals surface area contributed by atoms with Crippen LogP contribution < -0.4 is 0 Å². The fourth-order valence-electron chi connectivity index (χ4n) is 3.06. The first-order chi connectivity index (χ1) is 16.0. The zero-order valence-corrected chi connectivity index (χ0v) is 21.0. The van der Waals surface area contributed by atoms with E-state index in [1.807, 2.05) is 45.0 Å². The molecule has 0 N–H and O–H groups in total. The van der Waals surface area contributed by atoms with Gasteiger partial charge in [-0.15, -0.1) is 0 Å². The van der Waals surface area contributed by atoms with Gasteiger partial charge in [-0.25, -0.2) is 4.39 Å². The van der Waals surface area contributed by atoms with Gasteiger partial charge in [0, 0.05) is 35.3 Å². The molecule has 2 aromatic heterocycles. The minimum atomic E-state index is -0.281. The highest BCUT2D eigenvalue weighted by Crippen LogP contribution is 2.27. The van der Waals surface area contributed by atoms with Gasteiger partial charge in [-0.1, -0.05) is 58.1 Å². The number of halogens is 1. The summed E-state index contributed by atoms with van der Waals surface area (Å²) in [5.41, 5.74) is 5.00. The van der Waals surface area contributed by atoms with Gasteiger partial charge in [0.1, 0.15) is 5.82 Å². The third kappa shape index (κ3) is 9.11. The minimum Gasteiger partial charge on any atom is -0.309 e. The zero-order valence-electron chi connectivity index (χ0n) is 21.0. The van der Waals surface area contributed by atoms with Gasteiger partial charge in [0.25, 0.3) is 0 Å². The van der Waals surface area contributed by atoms with E-state index in [1.54, 1.807) is 42.9 Å². The molecule has 0 aliphatic carbocycles. The highest BCUT2D eigenvalue weighted by Gasteiger charge is 2.08. The molecule has 1 aromatic carbocycles. The Hall–Kier alpha value is -3.11. The van der Waals surface area contributed by atoms with Crippen LogP contribution >= 0.6 is 0 Å². The molecule has 2 heterocycles. The van der Waals surface area contributed by atoms with Crippen molar-refractivity contribution >= 4 is 5.57 Å². The van der Waals surface area contributed by atoms with E-state index in [1.165, 1.54) is 25.5 Å². The number of aromatic nitrogens is 2. The predicted octanol–water partition coefficient (Wildman–Crippen LogP) is 7.91. The smallest absolute Gasteiger partial charge is 0.132 e. The van der Waals surface area contributed by atoms with E-state index in [-0.39, 0.29) is 5.82 Å². The van der Waals surface area contributed by atoms with Crippen LogP contribution in [0.1, 0.15) is 46.1 Å². The standard InChI is InChI=1S/C21H17FN2.C6H15N.C2H6/c1-3-15(4-2)17-11-18(14-23-13-17)16-9-10-24-21(12-16)19-7-5-6-8-20(19)22;1-4-5-6-7(2)3;1-2/h3-14H,1H2,2H3;4-6H2,1-3H3;1-2H3/b15-4+;;. The van der Waals surface area contributed by atoms with Crippen molar-refractivity contribution in [2.24, 2.45) is 0 Å². The summed E-state index contributed by atoms with van der Waals surface area (Å²) in [5, 5.41) is 0. The number of allylic oxidation sites excluding steroid dienone is 3. The molecule has 0 saturated heterocycles. The van der Waals surface area contributed by atoms with E-state index in [0.29, 0.717) is 11.3 Å². The topological polar surface area (TPSA) is 29.0 Å². The van der Waals surface area contributed by atoms with Crippen molar-refractivity contribution in [2.75, 3.05) is 20.6 Å². The number of hydrogen-bond acceptors (Lipinski definition) is 3. The zero-order chi connectivity index (χ0) is 24.6. The van der Waals surface area contributed by atoms with Crippen molar-refractivity contribution in [3.63, 3.8) is 0 Å². The molecule has 0 saturated carbocycles. The molecule has 0 atom stereocenters. The van der Waals surface area contributed by atoms with Gasteiger partial charge in [-0.3, -0.25) is 9.97 Å². The largest absolute Gasteiger partial charge is 0.309 e. The molecule has 0 aliphatic rings. The van der Waals surface area contributed by atoms with E-state index in [0.717, 1.165) is 22.3 Å². The fourth-order valence-corrected chi connectivity index (χ4v) is 3.06. The van der Waals surface area contributed by atoms with E-state index in [9.17, 15) is 4.39 Å². The summed E-state index contributed by atoms with van der Waals surface area (Å²) >= 11 is 0.